The number of benzene rings is 2. The van der Waals surface area contributed by atoms with Gasteiger partial charge in [-0.25, -0.2) is 0 Å². The van der Waals surface area contributed by atoms with Gasteiger partial charge in [0.15, 0.2) is 0 Å². The number of anilines is 1. The topological polar surface area (TPSA) is 12.0 Å². The summed E-state index contributed by atoms with van der Waals surface area (Å²) in [6.45, 7) is 0.329. The molecule has 0 amide bonds. The third-order valence-corrected chi connectivity index (χ3v) is 3.14. The van der Waals surface area contributed by atoms with Crippen molar-refractivity contribution in [2.45, 2.75) is 18.6 Å². The van der Waals surface area contributed by atoms with Gasteiger partial charge in [0.05, 0.1) is 5.56 Å². The van der Waals surface area contributed by atoms with E-state index in [-0.39, 0.29) is 0 Å². The van der Waals surface area contributed by atoms with Crippen LogP contribution in [0.15, 0.2) is 48.5 Å². The van der Waals surface area contributed by atoms with Gasteiger partial charge in [0.1, 0.15) is 0 Å². The van der Waals surface area contributed by atoms with E-state index in [0.717, 1.165) is 23.4 Å². The normalized spacial score (nSPS) is 11.4. The van der Waals surface area contributed by atoms with E-state index < -0.39 is 11.7 Å². The number of nitrogens with one attached hydrogen (secondary N) is 1. The lowest BCUT2D eigenvalue weighted by atomic mass is 10.1. The van der Waals surface area contributed by atoms with Crippen LogP contribution in [-0.4, -0.2) is 0 Å². The predicted octanol–water partition coefficient (Wildman–Crippen LogP) is 5.06. The molecule has 20 heavy (non-hydrogen) atoms. The molecule has 2 rings (SSSR count). The van der Waals surface area contributed by atoms with E-state index >= 15 is 0 Å². The van der Waals surface area contributed by atoms with Gasteiger partial charge in [-0.3, -0.25) is 0 Å². The van der Waals surface area contributed by atoms with Gasteiger partial charge >= 0.3 is 6.18 Å². The van der Waals surface area contributed by atoms with Crippen molar-refractivity contribution in [3.05, 3.63) is 65.2 Å². The maximum absolute atomic E-state index is 12.6. The van der Waals surface area contributed by atoms with Crippen molar-refractivity contribution in [2.75, 3.05) is 5.32 Å². The van der Waals surface area contributed by atoms with Crippen molar-refractivity contribution < 1.29 is 13.2 Å². The largest absolute Gasteiger partial charge is 0.416 e. The van der Waals surface area contributed by atoms with Crippen LogP contribution in [0.3, 0.4) is 0 Å². The van der Waals surface area contributed by atoms with E-state index in [1.165, 1.54) is 6.07 Å². The van der Waals surface area contributed by atoms with Crippen LogP contribution in [0.4, 0.5) is 18.9 Å². The molecule has 0 spiro atoms. The average Bonchev–Trinajstić information content (AvgIpc) is 2.45. The van der Waals surface area contributed by atoms with Crippen LogP contribution in [-0.2, 0) is 18.6 Å². The van der Waals surface area contributed by atoms with Gasteiger partial charge in [-0.1, -0.05) is 24.3 Å². The number of halogens is 4. The Morgan fingerprint density at radius 3 is 2.35 bits per heavy atom. The van der Waals surface area contributed by atoms with Gasteiger partial charge in [0, 0.05) is 18.1 Å². The summed E-state index contributed by atoms with van der Waals surface area (Å²) < 4.78 is 37.8. The zero-order valence-corrected chi connectivity index (χ0v) is 11.3. The summed E-state index contributed by atoms with van der Waals surface area (Å²) >= 11 is 5.73. The molecule has 0 aliphatic heterocycles. The molecule has 0 saturated heterocycles. The molecule has 0 aliphatic rings. The minimum Gasteiger partial charge on any atom is -0.381 e. The maximum Gasteiger partial charge on any atom is 0.416 e. The molecule has 0 bridgehead atoms. The first-order chi connectivity index (χ1) is 9.49. The van der Waals surface area contributed by atoms with Gasteiger partial charge in [-0.05, 0) is 35.4 Å². The molecule has 1 N–H and O–H groups in total. The van der Waals surface area contributed by atoms with E-state index in [4.69, 9.17) is 11.6 Å². The number of hydrogen-bond donors (Lipinski definition) is 1. The summed E-state index contributed by atoms with van der Waals surface area (Å²) in [5, 5.41) is 3.09. The van der Waals surface area contributed by atoms with Crippen LogP contribution in [0.2, 0.25) is 0 Å². The zero-order valence-electron chi connectivity index (χ0n) is 10.5. The van der Waals surface area contributed by atoms with Gasteiger partial charge < -0.3 is 5.32 Å². The van der Waals surface area contributed by atoms with E-state index in [1.54, 1.807) is 6.07 Å². The van der Waals surface area contributed by atoms with E-state index in [0.29, 0.717) is 18.0 Å². The molecule has 0 atom stereocenters. The van der Waals surface area contributed by atoms with Crippen LogP contribution in [0, 0.1) is 0 Å². The van der Waals surface area contributed by atoms with Crippen molar-refractivity contribution in [1.29, 1.82) is 0 Å². The van der Waals surface area contributed by atoms with Crippen LogP contribution in [0.5, 0.6) is 0 Å². The Morgan fingerprint density at radius 2 is 1.65 bits per heavy atom. The molecule has 0 unspecified atom stereocenters. The second-order valence-electron chi connectivity index (χ2n) is 4.39. The fourth-order valence-electron chi connectivity index (χ4n) is 1.83. The van der Waals surface area contributed by atoms with Crippen molar-refractivity contribution in [3.63, 3.8) is 0 Å². The molecular formula is C15H13ClF3N. The van der Waals surface area contributed by atoms with E-state index in [2.05, 4.69) is 5.32 Å². The third kappa shape index (κ3) is 3.90. The minimum atomic E-state index is -4.31. The molecule has 0 fully saturated rings. The predicted molar refractivity (Wildman–Crippen MR) is 74.8 cm³/mol. The summed E-state index contributed by atoms with van der Waals surface area (Å²) in [7, 11) is 0. The Kier molecular flexibility index (Phi) is 4.55. The Bertz CT molecular complexity index is 581. The highest BCUT2D eigenvalue weighted by Crippen LogP contribution is 2.29. The molecular weight excluding hydrogens is 287 g/mol. The Hall–Kier alpha value is -1.68. The highest BCUT2D eigenvalue weighted by atomic mass is 35.5. The molecule has 106 valence electrons. The fourth-order valence-corrected chi connectivity index (χ4v) is 1.99. The molecule has 0 heterocycles. The van der Waals surface area contributed by atoms with Gasteiger partial charge in [0.25, 0.3) is 0 Å². The molecule has 5 heteroatoms. The van der Waals surface area contributed by atoms with Crippen molar-refractivity contribution in [2.24, 2.45) is 0 Å². The average molecular weight is 300 g/mol. The van der Waals surface area contributed by atoms with Gasteiger partial charge in [-0.15, -0.1) is 11.6 Å². The SMILES string of the molecule is FC(F)(F)c1cccc(CNc2cccc(CCl)c2)c1. The molecule has 0 radical (unpaired) electrons. The summed E-state index contributed by atoms with van der Waals surface area (Å²) in [6, 6.07) is 12.8. The Balaban J connectivity index is 2.07. The molecule has 1 nitrogen and oxygen atoms in total. The summed E-state index contributed by atoms with van der Waals surface area (Å²) in [5.74, 6) is 0.402. The Morgan fingerprint density at radius 1 is 0.950 bits per heavy atom. The van der Waals surface area contributed by atoms with Crippen molar-refractivity contribution in [3.8, 4) is 0 Å². The lowest BCUT2D eigenvalue weighted by Gasteiger charge is -2.10. The van der Waals surface area contributed by atoms with Crippen molar-refractivity contribution >= 4 is 17.3 Å². The standard InChI is InChI=1S/C15H13ClF3N/c16-9-11-3-2-6-14(8-11)20-10-12-4-1-5-13(7-12)15(17,18)19/h1-8,20H,9-10H2. The zero-order chi connectivity index (χ0) is 14.6. The maximum atomic E-state index is 12.6. The highest BCUT2D eigenvalue weighted by Gasteiger charge is 2.30. The van der Waals surface area contributed by atoms with E-state index in [1.807, 2.05) is 24.3 Å². The monoisotopic (exact) mass is 299 g/mol. The third-order valence-electron chi connectivity index (χ3n) is 2.83. The van der Waals surface area contributed by atoms with Crippen molar-refractivity contribution in [1.82, 2.24) is 0 Å². The van der Waals surface area contributed by atoms with Crippen LogP contribution >= 0.6 is 11.6 Å². The van der Waals surface area contributed by atoms with Gasteiger partial charge in [0.2, 0.25) is 0 Å². The molecule has 2 aromatic rings. The van der Waals surface area contributed by atoms with E-state index in [9.17, 15) is 13.2 Å². The number of hydrogen-bond acceptors (Lipinski definition) is 1. The number of rotatable bonds is 4. The lowest BCUT2D eigenvalue weighted by Crippen LogP contribution is -2.06. The quantitative estimate of drug-likeness (QED) is 0.778. The summed E-state index contributed by atoms with van der Waals surface area (Å²) in [6.07, 6.45) is -4.31. The van der Waals surface area contributed by atoms with Crippen LogP contribution in [0.1, 0.15) is 16.7 Å². The fraction of sp³-hybridized carbons (Fsp3) is 0.200. The van der Waals surface area contributed by atoms with Gasteiger partial charge in [-0.2, -0.15) is 13.2 Å². The van der Waals surface area contributed by atoms with Crippen LogP contribution in [0.25, 0.3) is 0 Å². The Labute approximate surface area is 120 Å². The second-order valence-corrected chi connectivity index (χ2v) is 4.65. The van der Waals surface area contributed by atoms with Crippen LogP contribution < -0.4 is 5.32 Å². The molecule has 0 aliphatic carbocycles. The smallest absolute Gasteiger partial charge is 0.381 e. The summed E-state index contributed by atoms with van der Waals surface area (Å²) in [5.41, 5.74) is 1.74. The molecule has 0 saturated carbocycles. The first-order valence-electron chi connectivity index (χ1n) is 6.04. The first kappa shape index (κ1) is 14.7. The summed E-state index contributed by atoms with van der Waals surface area (Å²) in [4.78, 5) is 0. The second kappa shape index (κ2) is 6.18. The highest BCUT2D eigenvalue weighted by molar-refractivity contribution is 6.17. The molecule has 2 aromatic carbocycles. The first-order valence-corrected chi connectivity index (χ1v) is 6.57. The minimum absolute atomic E-state index is 0.329. The number of alkyl halides is 4. The lowest BCUT2D eigenvalue weighted by molar-refractivity contribution is -0.137. The molecule has 0 aromatic heterocycles.